The minimum Gasteiger partial charge on any atom is -0.479 e. The zero-order valence-electron chi connectivity index (χ0n) is 9.98. The van der Waals surface area contributed by atoms with Gasteiger partial charge in [-0.25, -0.2) is 0 Å². The number of anilines is 1. The highest BCUT2D eigenvalue weighted by molar-refractivity contribution is 6.00. The Morgan fingerprint density at radius 1 is 1.41 bits per heavy atom. The van der Waals surface area contributed by atoms with E-state index in [1.54, 1.807) is 39.2 Å². The van der Waals surface area contributed by atoms with Crippen LogP contribution < -0.4 is 10.1 Å². The standard InChI is InChI=1S/C12H14N2O3/c1-7-11(15)13-9-6-8(12(16)14(2)3)4-5-10(9)17-7/h4-7H,1-3H3,(H,13,15). The Bertz CT molecular complexity index is 483. The number of amides is 2. The fraction of sp³-hybridized carbons (Fsp3) is 0.333. The van der Waals surface area contributed by atoms with E-state index in [9.17, 15) is 9.59 Å². The predicted molar refractivity (Wildman–Crippen MR) is 63.2 cm³/mol. The Morgan fingerprint density at radius 2 is 2.12 bits per heavy atom. The van der Waals surface area contributed by atoms with Gasteiger partial charge in [-0.3, -0.25) is 9.59 Å². The van der Waals surface area contributed by atoms with Crippen LogP contribution in [0.2, 0.25) is 0 Å². The molecule has 1 aromatic rings. The highest BCUT2D eigenvalue weighted by atomic mass is 16.5. The molecule has 0 fully saturated rings. The first-order valence-electron chi connectivity index (χ1n) is 5.32. The van der Waals surface area contributed by atoms with Crippen molar-refractivity contribution in [1.29, 1.82) is 0 Å². The Hall–Kier alpha value is -2.04. The molecule has 0 aliphatic carbocycles. The second-order valence-corrected chi connectivity index (χ2v) is 4.16. The van der Waals surface area contributed by atoms with E-state index in [0.717, 1.165) is 0 Å². The largest absolute Gasteiger partial charge is 0.479 e. The number of benzene rings is 1. The van der Waals surface area contributed by atoms with Crippen LogP contribution in [-0.4, -0.2) is 36.9 Å². The summed E-state index contributed by atoms with van der Waals surface area (Å²) in [5, 5.41) is 2.71. The van der Waals surface area contributed by atoms with Crippen LogP contribution in [0, 0.1) is 0 Å². The van der Waals surface area contributed by atoms with Gasteiger partial charge in [-0.1, -0.05) is 0 Å². The highest BCUT2D eigenvalue weighted by Crippen LogP contribution is 2.30. The third-order valence-electron chi connectivity index (χ3n) is 2.56. The van der Waals surface area contributed by atoms with E-state index in [0.29, 0.717) is 17.0 Å². The fourth-order valence-corrected chi connectivity index (χ4v) is 1.60. The molecular weight excluding hydrogens is 220 g/mol. The Kier molecular flexibility index (Phi) is 2.75. The van der Waals surface area contributed by atoms with Crippen LogP contribution in [0.3, 0.4) is 0 Å². The molecule has 5 heteroatoms. The number of rotatable bonds is 1. The van der Waals surface area contributed by atoms with Crippen molar-refractivity contribution < 1.29 is 14.3 Å². The predicted octanol–water partition coefficient (Wildman–Crippen LogP) is 1.11. The number of hydrogen-bond donors (Lipinski definition) is 1. The molecule has 1 aliphatic rings. The molecular formula is C12H14N2O3. The van der Waals surface area contributed by atoms with Gasteiger partial charge >= 0.3 is 0 Å². The molecule has 0 spiro atoms. The number of ether oxygens (including phenoxy) is 1. The number of carbonyl (C=O) groups excluding carboxylic acids is 2. The molecule has 90 valence electrons. The van der Waals surface area contributed by atoms with E-state index in [2.05, 4.69) is 5.32 Å². The van der Waals surface area contributed by atoms with Gasteiger partial charge < -0.3 is 15.0 Å². The second-order valence-electron chi connectivity index (χ2n) is 4.16. The van der Waals surface area contributed by atoms with E-state index >= 15 is 0 Å². The minimum absolute atomic E-state index is 0.110. The molecule has 2 amide bonds. The molecule has 17 heavy (non-hydrogen) atoms. The molecule has 1 N–H and O–H groups in total. The maximum Gasteiger partial charge on any atom is 0.265 e. The van der Waals surface area contributed by atoms with Crippen LogP contribution in [0.15, 0.2) is 18.2 Å². The Morgan fingerprint density at radius 3 is 2.76 bits per heavy atom. The molecule has 1 atom stereocenters. The van der Waals surface area contributed by atoms with Gasteiger partial charge in [0.25, 0.3) is 11.8 Å². The number of nitrogens with zero attached hydrogens (tertiary/aromatic N) is 1. The molecule has 0 aromatic heterocycles. The second kappa shape index (κ2) is 4.08. The molecule has 1 heterocycles. The quantitative estimate of drug-likeness (QED) is 0.791. The summed E-state index contributed by atoms with van der Waals surface area (Å²) in [7, 11) is 3.36. The van der Waals surface area contributed by atoms with Gasteiger partial charge in [0.15, 0.2) is 6.10 Å². The topological polar surface area (TPSA) is 58.6 Å². The van der Waals surface area contributed by atoms with Gasteiger partial charge in [-0.15, -0.1) is 0 Å². The van der Waals surface area contributed by atoms with Crippen LogP contribution in [0.1, 0.15) is 17.3 Å². The molecule has 2 rings (SSSR count). The molecule has 0 radical (unpaired) electrons. The van der Waals surface area contributed by atoms with Crippen LogP contribution in [0.5, 0.6) is 5.75 Å². The number of hydrogen-bond acceptors (Lipinski definition) is 3. The number of nitrogens with one attached hydrogen (secondary N) is 1. The minimum atomic E-state index is -0.502. The lowest BCUT2D eigenvalue weighted by atomic mass is 10.1. The summed E-state index contributed by atoms with van der Waals surface area (Å²) < 4.78 is 5.40. The molecule has 0 bridgehead atoms. The molecule has 1 unspecified atom stereocenters. The van der Waals surface area contributed by atoms with Crippen molar-refractivity contribution in [3.05, 3.63) is 23.8 Å². The maximum absolute atomic E-state index is 11.7. The number of fused-ring (bicyclic) bond motifs is 1. The van der Waals surface area contributed by atoms with E-state index < -0.39 is 6.10 Å². The SMILES string of the molecule is CC1Oc2ccc(C(=O)N(C)C)cc2NC1=O. The lowest BCUT2D eigenvalue weighted by molar-refractivity contribution is -0.122. The van der Waals surface area contributed by atoms with Gasteiger partial charge in [0.05, 0.1) is 5.69 Å². The summed E-state index contributed by atoms with van der Waals surface area (Å²) >= 11 is 0. The van der Waals surface area contributed by atoms with Crippen LogP contribution in [-0.2, 0) is 4.79 Å². The zero-order valence-corrected chi connectivity index (χ0v) is 9.98. The first-order valence-corrected chi connectivity index (χ1v) is 5.32. The summed E-state index contributed by atoms with van der Waals surface area (Å²) in [6, 6.07) is 5.01. The first-order chi connectivity index (χ1) is 7.99. The molecule has 1 aromatic carbocycles. The fourth-order valence-electron chi connectivity index (χ4n) is 1.60. The van der Waals surface area contributed by atoms with Gasteiger partial charge in [0.1, 0.15) is 5.75 Å². The zero-order chi connectivity index (χ0) is 12.6. The summed E-state index contributed by atoms with van der Waals surface area (Å²) in [5.41, 5.74) is 1.06. The van der Waals surface area contributed by atoms with Crippen molar-refractivity contribution in [2.45, 2.75) is 13.0 Å². The van der Waals surface area contributed by atoms with Crippen LogP contribution in [0.25, 0.3) is 0 Å². The molecule has 0 saturated carbocycles. The normalized spacial score (nSPS) is 17.8. The lowest BCUT2D eigenvalue weighted by Crippen LogP contribution is -2.34. The number of carbonyl (C=O) groups is 2. The Labute approximate surface area is 99.4 Å². The van der Waals surface area contributed by atoms with Crippen LogP contribution in [0.4, 0.5) is 5.69 Å². The van der Waals surface area contributed by atoms with Gasteiger partial charge in [-0.2, -0.15) is 0 Å². The smallest absolute Gasteiger partial charge is 0.265 e. The highest BCUT2D eigenvalue weighted by Gasteiger charge is 2.24. The maximum atomic E-state index is 11.7. The molecule has 5 nitrogen and oxygen atoms in total. The third kappa shape index (κ3) is 2.08. The van der Waals surface area contributed by atoms with Crippen molar-refractivity contribution in [2.75, 3.05) is 19.4 Å². The van der Waals surface area contributed by atoms with Gasteiger partial charge in [0.2, 0.25) is 0 Å². The van der Waals surface area contributed by atoms with Gasteiger partial charge in [-0.05, 0) is 25.1 Å². The first kappa shape index (κ1) is 11.4. The third-order valence-corrected chi connectivity index (χ3v) is 2.56. The average Bonchev–Trinajstić information content (AvgIpc) is 2.29. The monoisotopic (exact) mass is 234 g/mol. The summed E-state index contributed by atoms with van der Waals surface area (Å²) in [6.45, 7) is 1.68. The van der Waals surface area contributed by atoms with Crippen molar-refractivity contribution >= 4 is 17.5 Å². The average molecular weight is 234 g/mol. The lowest BCUT2D eigenvalue weighted by Gasteiger charge is -2.23. The van der Waals surface area contributed by atoms with E-state index in [-0.39, 0.29) is 11.8 Å². The van der Waals surface area contributed by atoms with E-state index in [1.165, 1.54) is 4.90 Å². The van der Waals surface area contributed by atoms with Crippen molar-refractivity contribution in [3.8, 4) is 5.75 Å². The summed E-state index contributed by atoms with van der Waals surface area (Å²) in [6.07, 6.45) is -0.502. The molecule has 1 aliphatic heterocycles. The van der Waals surface area contributed by atoms with E-state index in [1.807, 2.05) is 0 Å². The van der Waals surface area contributed by atoms with E-state index in [4.69, 9.17) is 4.74 Å². The van der Waals surface area contributed by atoms with Crippen molar-refractivity contribution in [2.24, 2.45) is 0 Å². The van der Waals surface area contributed by atoms with Crippen LogP contribution >= 0.6 is 0 Å². The summed E-state index contributed by atoms with van der Waals surface area (Å²) in [5.74, 6) is 0.278. The van der Waals surface area contributed by atoms with Gasteiger partial charge in [0, 0.05) is 19.7 Å². The molecule has 0 saturated heterocycles. The van der Waals surface area contributed by atoms with Crippen molar-refractivity contribution in [3.63, 3.8) is 0 Å². The van der Waals surface area contributed by atoms with Crippen molar-refractivity contribution in [1.82, 2.24) is 4.90 Å². The Balaban J connectivity index is 2.35. The summed E-state index contributed by atoms with van der Waals surface area (Å²) in [4.78, 5) is 24.7.